The van der Waals surface area contributed by atoms with Crippen molar-refractivity contribution >= 4 is 14.3 Å². The van der Waals surface area contributed by atoms with Gasteiger partial charge in [-0.05, 0) is 50.7 Å². The Bertz CT molecular complexity index is 403. The van der Waals surface area contributed by atoms with Gasteiger partial charge in [-0.1, -0.05) is 34.1 Å². The van der Waals surface area contributed by atoms with Crippen molar-refractivity contribution in [3.05, 3.63) is 0 Å². The van der Waals surface area contributed by atoms with Gasteiger partial charge >= 0.3 is 5.97 Å². The van der Waals surface area contributed by atoms with Crippen LogP contribution in [0.3, 0.4) is 0 Å². The normalized spacial score (nSPS) is 24.7. The Morgan fingerprint density at radius 1 is 1.29 bits per heavy atom. The molecule has 0 radical (unpaired) electrons. The molecule has 0 saturated carbocycles. The van der Waals surface area contributed by atoms with Crippen LogP contribution in [0, 0.1) is 5.92 Å². The Balaban J connectivity index is 2.62. The highest BCUT2D eigenvalue weighted by atomic mass is 28.4. The summed E-state index contributed by atoms with van der Waals surface area (Å²) in [5.41, 5.74) is 0. The lowest BCUT2D eigenvalue weighted by Gasteiger charge is -2.40. The van der Waals surface area contributed by atoms with Crippen LogP contribution in [0.1, 0.15) is 66.7 Å². The smallest absolute Gasteiger partial charge is 0.311 e. The molecule has 0 aromatic heterocycles. The summed E-state index contributed by atoms with van der Waals surface area (Å²) in [6, 6.07) is 0. The Kier molecular flexibility index (Phi) is 7.95. The molecule has 0 unspecified atom stereocenters. The van der Waals surface area contributed by atoms with Gasteiger partial charge in [0.1, 0.15) is 0 Å². The highest BCUT2D eigenvalue weighted by molar-refractivity contribution is 6.74. The van der Waals surface area contributed by atoms with Crippen molar-refractivity contribution < 1.29 is 18.7 Å². The van der Waals surface area contributed by atoms with Crippen molar-refractivity contribution in [3.63, 3.8) is 0 Å². The standard InChI is InChI=1S/C19H38O4Si/c1-9-10-16(23-24(7,8)19(3,4)5)13-15-11-12-17(22-15)14(2)18(20)21-6/h14-17H,9-13H2,1-8H3/t14-,15-,16-,17+/m0/s1. The Morgan fingerprint density at radius 3 is 2.42 bits per heavy atom. The quantitative estimate of drug-likeness (QED) is 0.456. The van der Waals surface area contributed by atoms with Crippen LogP contribution in [0.15, 0.2) is 0 Å². The largest absolute Gasteiger partial charge is 0.469 e. The molecule has 24 heavy (non-hydrogen) atoms. The van der Waals surface area contributed by atoms with Gasteiger partial charge < -0.3 is 13.9 Å². The molecule has 0 N–H and O–H groups in total. The van der Waals surface area contributed by atoms with E-state index in [2.05, 4.69) is 40.8 Å². The molecule has 1 aliphatic rings. The first kappa shape index (κ1) is 21.6. The molecular weight excluding hydrogens is 320 g/mol. The molecule has 1 saturated heterocycles. The molecule has 0 spiro atoms. The summed E-state index contributed by atoms with van der Waals surface area (Å²) in [5.74, 6) is -0.366. The van der Waals surface area contributed by atoms with Gasteiger partial charge in [0.2, 0.25) is 0 Å². The van der Waals surface area contributed by atoms with Crippen LogP contribution < -0.4 is 0 Å². The second-order valence-electron chi connectivity index (χ2n) is 8.71. The molecular formula is C19H38O4Si. The van der Waals surface area contributed by atoms with E-state index < -0.39 is 8.32 Å². The van der Waals surface area contributed by atoms with Gasteiger partial charge in [-0.3, -0.25) is 4.79 Å². The lowest BCUT2D eigenvalue weighted by Crippen LogP contribution is -2.44. The monoisotopic (exact) mass is 358 g/mol. The molecule has 5 heteroatoms. The van der Waals surface area contributed by atoms with E-state index in [4.69, 9.17) is 13.9 Å². The number of methoxy groups -OCH3 is 1. The fourth-order valence-corrected chi connectivity index (χ4v) is 4.45. The predicted molar refractivity (Wildman–Crippen MR) is 101 cm³/mol. The van der Waals surface area contributed by atoms with E-state index in [0.29, 0.717) is 0 Å². The van der Waals surface area contributed by atoms with Crippen LogP contribution >= 0.6 is 0 Å². The molecule has 0 amide bonds. The van der Waals surface area contributed by atoms with E-state index in [0.717, 1.165) is 32.1 Å². The minimum Gasteiger partial charge on any atom is -0.469 e. The van der Waals surface area contributed by atoms with Crippen molar-refractivity contribution in [2.24, 2.45) is 5.92 Å². The lowest BCUT2D eigenvalue weighted by molar-refractivity contribution is -0.150. The molecule has 1 aliphatic heterocycles. The molecule has 0 aliphatic carbocycles. The van der Waals surface area contributed by atoms with E-state index in [1.807, 2.05) is 6.92 Å². The summed E-state index contributed by atoms with van der Waals surface area (Å²) in [5, 5.41) is 0.220. The van der Waals surface area contributed by atoms with Gasteiger partial charge in [-0.2, -0.15) is 0 Å². The third-order valence-corrected chi connectivity index (χ3v) is 10.2. The van der Waals surface area contributed by atoms with Crippen molar-refractivity contribution in [2.45, 2.75) is 103 Å². The minimum atomic E-state index is -1.77. The highest BCUT2D eigenvalue weighted by Gasteiger charge is 2.40. The number of hydrogen-bond acceptors (Lipinski definition) is 4. The second-order valence-corrected chi connectivity index (χ2v) is 13.5. The first-order valence-electron chi connectivity index (χ1n) is 9.43. The van der Waals surface area contributed by atoms with Gasteiger partial charge in [0, 0.05) is 6.10 Å². The zero-order valence-corrected chi connectivity index (χ0v) is 18.0. The molecule has 0 aromatic carbocycles. The van der Waals surface area contributed by atoms with E-state index in [-0.39, 0.29) is 35.2 Å². The maximum Gasteiger partial charge on any atom is 0.311 e. The van der Waals surface area contributed by atoms with Crippen molar-refractivity contribution in [3.8, 4) is 0 Å². The van der Waals surface area contributed by atoms with Crippen LogP contribution in [0.4, 0.5) is 0 Å². The Hall–Kier alpha value is -0.393. The topological polar surface area (TPSA) is 44.8 Å². The van der Waals surface area contributed by atoms with Gasteiger partial charge in [0.25, 0.3) is 0 Å². The number of esters is 1. The molecule has 142 valence electrons. The molecule has 4 atom stereocenters. The summed E-state index contributed by atoms with van der Waals surface area (Å²) < 4.78 is 17.6. The predicted octanol–water partition coefficient (Wildman–Crippen LogP) is 4.92. The number of ether oxygens (including phenoxy) is 2. The fourth-order valence-electron chi connectivity index (χ4n) is 3.05. The van der Waals surface area contributed by atoms with Crippen molar-refractivity contribution in [1.29, 1.82) is 0 Å². The molecule has 4 nitrogen and oxygen atoms in total. The molecule has 1 fully saturated rings. The third-order valence-electron chi connectivity index (χ3n) is 5.67. The summed E-state index contributed by atoms with van der Waals surface area (Å²) in [6.07, 6.45) is 5.50. The maximum atomic E-state index is 11.7. The van der Waals surface area contributed by atoms with Gasteiger partial charge in [-0.15, -0.1) is 0 Å². The summed E-state index contributed by atoms with van der Waals surface area (Å²) in [6.45, 7) is 15.6. The zero-order chi connectivity index (χ0) is 18.5. The van der Waals surface area contributed by atoms with Crippen LogP contribution in [0.25, 0.3) is 0 Å². The first-order valence-corrected chi connectivity index (χ1v) is 12.3. The van der Waals surface area contributed by atoms with E-state index >= 15 is 0 Å². The van der Waals surface area contributed by atoms with Crippen LogP contribution in [-0.4, -0.2) is 39.7 Å². The van der Waals surface area contributed by atoms with Crippen LogP contribution in [-0.2, 0) is 18.7 Å². The zero-order valence-electron chi connectivity index (χ0n) is 17.0. The van der Waals surface area contributed by atoms with Crippen LogP contribution in [0.5, 0.6) is 0 Å². The second kappa shape index (κ2) is 8.81. The molecule has 0 bridgehead atoms. The Morgan fingerprint density at radius 2 is 1.92 bits per heavy atom. The summed E-state index contributed by atoms with van der Waals surface area (Å²) >= 11 is 0. The average molecular weight is 359 g/mol. The van der Waals surface area contributed by atoms with Crippen LogP contribution in [0.2, 0.25) is 18.1 Å². The van der Waals surface area contributed by atoms with Gasteiger partial charge in [0.05, 0.1) is 25.2 Å². The fraction of sp³-hybridized carbons (Fsp3) is 0.947. The number of carbonyl (C=O) groups excluding carboxylic acids is 1. The van der Waals surface area contributed by atoms with E-state index in [1.54, 1.807) is 0 Å². The molecule has 0 aromatic rings. The van der Waals surface area contributed by atoms with Gasteiger partial charge in [0.15, 0.2) is 8.32 Å². The number of hydrogen-bond donors (Lipinski definition) is 0. The maximum absolute atomic E-state index is 11.7. The van der Waals surface area contributed by atoms with E-state index in [1.165, 1.54) is 7.11 Å². The molecule has 1 rings (SSSR count). The van der Waals surface area contributed by atoms with E-state index in [9.17, 15) is 4.79 Å². The van der Waals surface area contributed by atoms with Crippen molar-refractivity contribution in [1.82, 2.24) is 0 Å². The number of carbonyl (C=O) groups is 1. The SMILES string of the molecule is CCC[C@@H](C[C@@H]1CC[C@H]([C@H](C)C(=O)OC)O1)O[Si](C)(C)C(C)(C)C. The Labute approximate surface area is 149 Å². The van der Waals surface area contributed by atoms with Gasteiger partial charge in [-0.25, -0.2) is 0 Å². The summed E-state index contributed by atoms with van der Waals surface area (Å²) in [7, 11) is -0.329. The number of rotatable bonds is 8. The third kappa shape index (κ3) is 5.85. The van der Waals surface area contributed by atoms with Crippen molar-refractivity contribution in [2.75, 3.05) is 7.11 Å². The first-order chi connectivity index (χ1) is 11.0. The summed E-state index contributed by atoms with van der Waals surface area (Å²) in [4.78, 5) is 11.7. The average Bonchev–Trinajstić information content (AvgIpc) is 2.92. The molecule has 1 heterocycles. The lowest BCUT2D eigenvalue weighted by atomic mass is 10.0. The highest BCUT2D eigenvalue weighted by Crippen LogP contribution is 2.39. The minimum absolute atomic E-state index is 0.0161.